The molecule has 0 fully saturated rings. The minimum Gasteiger partial charge on any atom is -0.484 e. The summed E-state index contributed by atoms with van der Waals surface area (Å²) in [6.07, 6.45) is 0.412. The van der Waals surface area contributed by atoms with Gasteiger partial charge in [0.25, 0.3) is 0 Å². The molecule has 21 heavy (non-hydrogen) atoms. The zero-order chi connectivity index (χ0) is 15.4. The predicted molar refractivity (Wildman–Crippen MR) is 84.2 cm³/mol. The highest BCUT2D eigenvalue weighted by atomic mass is 35.5. The van der Waals surface area contributed by atoms with Crippen molar-refractivity contribution in [3.8, 4) is 5.75 Å². The van der Waals surface area contributed by atoms with Gasteiger partial charge in [0.05, 0.1) is 0 Å². The van der Waals surface area contributed by atoms with Crippen LogP contribution in [0.15, 0.2) is 42.5 Å². The van der Waals surface area contributed by atoms with Crippen molar-refractivity contribution in [1.82, 2.24) is 0 Å². The molecule has 0 radical (unpaired) electrons. The van der Waals surface area contributed by atoms with Gasteiger partial charge in [0.1, 0.15) is 17.7 Å². The molecule has 0 amide bonds. The molecule has 2 N–H and O–H groups in total. The number of nitrogens with two attached hydrogens (primary N) is 1. The average Bonchev–Trinajstić information content (AvgIpc) is 2.48. The zero-order valence-corrected chi connectivity index (χ0v) is 12.9. The van der Waals surface area contributed by atoms with Gasteiger partial charge in [0.2, 0.25) is 0 Å². The van der Waals surface area contributed by atoms with Gasteiger partial charge >= 0.3 is 0 Å². The lowest BCUT2D eigenvalue weighted by Crippen LogP contribution is -2.31. The van der Waals surface area contributed by atoms with Crippen molar-refractivity contribution in [1.29, 1.82) is 0 Å². The Morgan fingerprint density at radius 3 is 2.48 bits per heavy atom. The third-order valence-corrected chi connectivity index (χ3v) is 3.70. The van der Waals surface area contributed by atoms with Crippen LogP contribution in [0.25, 0.3) is 0 Å². The molecule has 0 aliphatic carbocycles. The summed E-state index contributed by atoms with van der Waals surface area (Å²) in [5.74, 6) is 0.419. The Labute approximate surface area is 129 Å². The number of rotatable bonds is 5. The number of hydrogen-bond donors (Lipinski definition) is 1. The Morgan fingerprint density at radius 1 is 1.19 bits per heavy atom. The fourth-order valence-electron chi connectivity index (χ4n) is 2.11. The first-order valence-corrected chi connectivity index (χ1v) is 7.33. The van der Waals surface area contributed by atoms with Crippen molar-refractivity contribution in [2.75, 3.05) is 0 Å². The number of ether oxygens (including phenoxy) is 1. The van der Waals surface area contributed by atoms with E-state index >= 15 is 0 Å². The monoisotopic (exact) mass is 307 g/mol. The van der Waals surface area contributed by atoms with Crippen LogP contribution < -0.4 is 10.5 Å². The van der Waals surface area contributed by atoms with Crippen LogP contribution in [0, 0.1) is 12.7 Å². The van der Waals surface area contributed by atoms with Gasteiger partial charge in [-0.3, -0.25) is 0 Å². The van der Waals surface area contributed by atoms with Crippen molar-refractivity contribution in [3.05, 3.63) is 64.4 Å². The fraction of sp³-hybridized carbons (Fsp3) is 0.294. The molecule has 0 heterocycles. The van der Waals surface area contributed by atoms with Crippen LogP contribution in [0.3, 0.4) is 0 Å². The number of halogens is 2. The fourth-order valence-corrected chi connectivity index (χ4v) is 2.27. The molecule has 2 atom stereocenters. The van der Waals surface area contributed by atoms with Crippen LogP contribution in [0.5, 0.6) is 5.75 Å². The molecular formula is C17H19ClFNO. The van der Waals surface area contributed by atoms with Crippen LogP contribution in [0.2, 0.25) is 5.02 Å². The van der Waals surface area contributed by atoms with Gasteiger partial charge in [0, 0.05) is 11.1 Å². The second-order valence-electron chi connectivity index (χ2n) is 5.07. The predicted octanol–water partition coefficient (Wildman–Crippen LogP) is 4.64. The molecule has 2 unspecified atom stereocenters. The summed E-state index contributed by atoms with van der Waals surface area (Å²) >= 11 is 6.02. The topological polar surface area (TPSA) is 35.2 Å². The Balaban J connectivity index is 2.32. The second kappa shape index (κ2) is 6.92. The van der Waals surface area contributed by atoms with E-state index in [4.69, 9.17) is 22.1 Å². The van der Waals surface area contributed by atoms with Crippen LogP contribution in [-0.4, -0.2) is 6.04 Å². The summed E-state index contributed by atoms with van der Waals surface area (Å²) in [5.41, 5.74) is 8.00. The third-order valence-electron chi connectivity index (χ3n) is 3.46. The highest BCUT2D eigenvalue weighted by Gasteiger charge is 2.21. The highest BCUT2D eigenvalue weighted by Crippen LogP contribution is 2.30. The lowest BCUT2D eigenvalue weighted by Gasteiger charge is -2.25. The molecule has 2 rings (SSSR count). The summed E-state index contributed by atoms with van der Waals surface area (Å²) in [5, 5.41) is 0.610. The second-order valence-corrected chi connectivity index (χ2v) is 5.51. The van der Waals surface area contributed by atoms with Crippen molar-refractivity contribution in [2.45, 2.75) is 32.4 Å². The Bertz CT molecular complexity index is 600. The lowest BCUT2D eigenvalue weighted by atomic mass is 10.0. The molecule has 2 nitrogen and oxygen atoms in total. The smallest absolute Gasteiger partial charge is 0.139 e. The Hall–Kier alpha value is -1.58. The van der Waals surface area contributed by atoms with E-state index in [2.05, 4.69) is 0 Å². The molecule has 0 saturated heterocycles. The van der Waals surface area contributed by atoms with E-state index in [1.54, 1.807) is 18.2 Å². The van der Waals surface area contributed by atoms with Gasteiger partial charge in [-0.2, -0.15) is 0 Å². The zero-order valence-electron chi connectivity index (χ0n) is 12.1. The molecule has 4 heteroatoms. The number of hydrogen-bond acceptors (Lipinski definition) is 2. The molecule has 2 aromatic rings. The van der Waals surface area contributed by atoms with Gasteiger partial charge < -0.3 is 10.5 Å². The molecule has 0 aromatic heterocycles. The maximum atomic E-state index is 13.1. The van der Waals surface area contributed by atoms with Crippen LogP contribution in [0.1, 0.15) is 30.6 Å². The van der Waals surface area contributed by atoms with E-state index in [9.17, 15) is 4.39 Å². The largest absolute Gasteiger partial charge is 0.484 e. The van der Waals surface area contributed by atoms with Crippen LogP contribution >= 0.6 is 11.6 Å². The summed E-state index contributed by atoms with van der Waals surface area (Å²) in [4.78, 5) is 0. The summed E-state index contributed by atoms with van der Waals surface area (Å²) in [6, 6.07) is 11.5. The van der Waals surface area contributed by atoms with Gasteiger partial charge in [-0.15, -0.1) is 0 Å². The van der Waals surface area contributed by atoms with Gasteiger partial charge in [-0.25, -0.2) is 4.39 Å². The van der Waals surface area contributed by atoms with Crippen molar-refractivity contribution >= 4 is 11.6 Å². The van der Waals surface area contributed by atoms with Crippen molar-refractivity contribution < 1.29 is 9.13 Å². The van der Waals surface area contributed by atoms with E-state index in [-0.39, 0.29) is 18.0 Å². The van der Waals surface area contributed by atoms with Crippen molar-refractivity contribution in [3.63, 3.8) is 0 Å². The maximum absolute atomic E-state index is 13.1. The minimum absolute atomic E-state index is 0.186. The van der Waals surface area contributed by atoms with E-state index in [0.29, 0.717) is 10.8 Å². The highest BCUT2D eigenvalue weighted by molar-refractivity contribution is 6.30. The first-order valence-electron chi connectivity index (χ1n) is 6.95. The molecule has 2 aromatic carbocycles. The van der Waals surface area contributed by atoms with Crippen molar-refractivity contribution in [2.24, 2.45) is 5.73 Å². The van der Waals surface area contributed by atoms with Gasteiger partial charge in [-0.05, 0) is 48.7 Å². The Kier molecular flexibility index (Phi) is 5.21. The van der Waals surface area contributed by atoms with Gasteiger partial charge in [0.15, 0.2) is 0 Å². The summed E-state index contributed by atoms with van der Waals surface area (Å²) < 4.78 is 19.2. The van der Waals surface area contributed by atoms with E-state index in [1.165, 1.54) is 12.1 Å². The first kappa shape index (κ1) is 15.8. The maximum Gasteiger partial charge on any atom is 0.139 e. The molecular weight excluding hydrogens is 289 g/mol. The van der Waals surface area contributed by atoms with Crippen LogP contribution in [-0.2, 0) is 0 Å². The number of aryl methyl sites for hydroxylation is 1. The molecule has 0 bridgehead atoms. The normalized spacial score (nSPS) is 13.8. The van der Waals surface area contributed by atoms with Gasteiger partial charge in [-0.1, -0.05) is 36.7 Å². The Morgan fingerprint density at radius 2 is 1.86 bits per heavy atom. The standard InChI is InChI=1S/C17H19ClFNO/c1-3-15(20)17(12-5-8-14(19)9-6-12)21-16-10-13(18)7-4-11(16)2/h4-10,15,17H,3,20H2,1-2H3. The quantitative estimate of drug-likeness (QED) is 0.873. The molecule has 0 saturated carbocycles. The first-order chi connectivity index (χ1) is 10.0. The third kappa shape index (κ3) is 3.96. The molecule has 0 aliphatic heterocycles. The molecule has 0 aliphatic rings. The summed E-state index contributed by atoms with van der Waals surface area (Å²) in [7, 11) is 0. The van der Waals surface area contributed by atoms with Crippen LogP contribution in [0.4, 0.5) is 4.39 Å². The van der Waals surface area contributed by atoms with E-state index < -0.39 is 0 Å². The summed E-state index contributed by atoms with van der Waals surface area (Å²) in [6.45, 7) is 3.94. The number of benzene rings is 2. The minimum atomic E-state index is -0.340. The molecule has 0 spiro atoms. The van der Waals surface area contributed by atoms with E-state index in [1.807, 2.05) is 26.0 Å². The molecule has 112 valence electrons. The lowest BCUT2D eigenvalue weighted by molar-refractivity contribution is 0.170. The average molecular weight is 308 g/mol. The SMILES string of the molecule is CCC(N)C(Oc1cc(Cl)ccc1C)c1ccc(F)cc1. The van der Waals surface area contributed by atoms with E-state index in [0.717, 1.165) is 17.5 Å².